The van der Waals surface area contributed by atoms with Crippen molar-refractivity contribution in [1.29, 1.82) is 0 Å². The van der Waals surface area contributed by atoms with E-state index in [0.717, 1.165) is 6.07 Å². The first-order valence-electron chi connectivity index (χ1n) is 11.6. The van der Waals surface area contributed by atoms with E-state index in [1.807, 2.05) is 0 Å². The molecule has 10 heteroatoms. The average Bonchev–Trinajstić information content (AvgIpc) is 3.79. The summed E-state index contributed by atoms with van der Waals surface area (Å²) in [6.45, 7) is 3.38. The lowest BCUT2D eigenvalue weighted by Crippen LogP contribution is -2.11. The number of aryl methyl sites for hydroxylation is 1. The third-order valence-corrected chi connectivity index (χ3v) is 5.52. The molecule has 3 aromatic carbocycles. The smallest absolute Gasteiger partial charge is 0.343 e. The fourth-order valence-corrected chi connectivity index (χ4v) is 3.30. The first kappa shape index (κ1) is 24.8. The second-order valence-corrected chi connectivity index (χ2v) is 8.49. The van der Waals surface area contributed by atoms with Crippen molar-refractivity contribution < 1.29 is 46.7 Å². The summed E-state index contributed by atoms with van der Waals surface area (Å²) in [5.74, 6) is -0.733. The number of halogens is 2. The van der Waals surface area contributed by atoms with Gasteiger partial charge in [-0.3, -0.25) is 0 Å². The highest BCUT2D eigenvalue weighted by molar-refractivity contribution is 5.91. The van der Waals surface area contributed by atoms with E-state index in [-0.39, 0.29) is 54.2 Å². The van der Waals surface area contributed by atoms with E-state index in [0.29, 0.717) is 31.1 Å². The molecule has 37 heavy (non-hydrogen) atoms. The molecule has 0 N–H and O–H groups in total. The Morgan fingerprint density at radius 1 is 0.784 bits per heavy atom. The van der Waals surface area contributed by atoms with Crippen molar-refractivity contribution in [2.75, 3.05) is 33.2 Å². The Bertz CT molecular complexity index is 1270. The molecule has 8 nitrogen and oxygen atoms in total. The van der Waals surface area contributed by atoms with E-state index in [2.05, 4.69) is 0 Å². The molecule has 2 unspecified atom stereocenters. The number of epoxide rings is 2. The maximum absolute atomic E-state index is 14.3. The van der Waals surface area contributed by atoms with Crippen LogP contribution in [0.15, 0.2) is 54.6 Å². The van der Waals surface area contributed by atoms with Crippen LogP contribution in [-0.2, 0) is 9.47 Å². The molecule has 0 spiro atoms. The van der Waals surface area contributed by atoms with Crippen molar-refractivity contribution in [3.63, 3.8) is 0 Å². The second kappa shape index (κ2) is 11.0. The van der Waals surface area contributed by atoms with Gasteiger partial charge in [0, 0.05) is 6.07 Å². The van der Waals surface area contributed by atoms with Crippen molar-refractivity contribution in [3.05, 3.63) is 77.4 Å². The number of ether oxygens (including phenoxy) is 7. The zero-order valence-corrected chi connectivity index (χ0v) is 19.9. The van der Waals surface area contributed by atoms with E-state index in [4.69, 9.17) is 33.2 Å². The molecule has 2 aliphatic heterocycles. The fraction of sp³-hybridized carbons (Fsp3) is 0.296. The lowest BCUT2D eigenvalue weighted by Gasteiger charge is -2.13. The van der Waals surface area contributed by atoms with Crippen LogP contribution in [-0.4, -0.2) is 51.4 Å². The van der Waals surface area contributed by atoms with Crippen molar-refractivity contribution in [1.82, 2.24) is 0 Å². The number of benzene rings is 3. The predicted octanol–water partition coefficient (Wildman–Crippen LogP) is 4.46. The molecule has 3 aromatic rings. The minimum atomic E-state index is -0.716. The maximum atomic E-state index is 14.3. The van der Waals surface area contributed by atoms with Gasteiger partial charge in [-0.05, 0) is 61.0 Å². The van der Waals surface area contributed by atoms with Crippen LogP contribution in [0.4, 0.5) is 8.78 Å². The highest BCUT2D eigenvalue weighted by atomic mass is 19.1. The quantitative estimate of drug-likeness (QED) is 0.152. The van der Waals surface area contributed by atoms with E-state index in [1.165, 1.54) is 24.3 Å². The average molecular weight is 514 g/mol. The highest BCUT2D eigenvalue weighted by Gasteiger charge is 2.24. The number of rotatable bonds is 12. The van der Waals surface area contributed by atoms with E-state index < -0.39 is 17.6 Å². The van der Waals surface area contributed by atoms with Crippen molar-refractivity contribution in [2.45, 2.75) is 19.1 Å². The molecule has 2 saturated heterocycles. The molecule has 0 radical (unpaired) electrons. The number of esters is 1. The summed E-state index contributed by atoms with van der Waals surface area (Å²) < 4.78 is 65.6. The zero-order chi connectivity index (χ0) is 25.8. The Morgan fingerprint density at radius 3 is 1.97 bits per heavy atom. The van der Waals surface area contributed by atoms with Gasteiger partial charge in [0.25, 0.3) is 0 Å². The summed E-state index contributed by atoms with van der Waals surface area (Å²) in [7, 11) is 0. The number of carbonyl (C=O) groups is 1. The van der Waals surface area contributed by atoms with Gasteiger partial charge >= 0.3 is 5.97 Å². The van der Waals surface area contributed by atoms with Crippen LogP contribution in [0.5, 0.6) is 28.7 Å². The monoisotopic (exact) mass is 514 g/mol. The van der Waals surface area contributed by atoms with E-state index in [1.54, 1.807) is 31.2 Å². The van der Waals surface area contributed by atoms with Crippen LogP contribution in [0.25, 0.3) is 0 Å². The van der Waals surface area contributed by atoms with Crippen LogP contribution < -0.4 is 23.7 Å². The summed E-state index contributed by atoms with van der Waals surface area (Å²) in [6, 6.07) is 12.9. The van der Waals surface area contributed by atoms with E-state index in [9.17, 15) is 13.6 Å². The van der Waals surface area contributed by atoms with Gasteiger partial charge < -0.3 is 33.2 Å². The van der Waals surface area contributed by atoms with Crippen molar-refractivity contribution in [2.24, 2.45) is 0 Å². The van der Waals surface area contributed by atoms with Gasteiger partial charge in [0.1, 0.15) is 42.7 Å². The van der Waals surface area contributed by atoms with Gasteiger partial charge in [0.2, 0.25) is 6.79 Å². The minimum Gasteiger partial charge on any atom is -0.488 e. The normalized spacial score (nSPS) is 17.6. The van der Waals surface area contributed by atoms with Crippen LogP contribution >= 0.6 is 0 Å². The van der Waals surface area contributed by atoms with Gasteiger partial charge in [0.15, 0.2) is 23.1 Å². The minimum absolute atomic E-state index is 0.00650. The van der Waals surface area contributed by atoms with Crippen LogP contribution in [0.3, 0.4) is 0 Å². The van der Waals surface area contributed by atoms with Gasteiger partial charge in [-0.25, -0.2) is 13.6 Å². The van der Waals surface area contributed by atoms with E-state index >= 15 is 0 Å². The van der Waals surface area contributed by atoms with Crippen molar-refractivity contribution in [3.8, 4) is 28.7 Å². The van der Waals surface area contributed by atoms with Gasteiger partial charge in [0.05, 0.1) is 18.8 Å². The first-order valence-corrected chi connectivity index (χ1v) is 11.6. The Morgan fingerprint density at radius 2 is 1.38 bits per heavy atom. The summed E-state index contributed by atoms with van der Waals surface area (Å²) in [4.78, 5) is 12.5. The highest BCUT2D eigenvalue weighted by Crippen LogP contribution is 2.27. The first-order chi connectivity index (χ1) is 17.9. The Kier molecular flexibility index (Phi) is 7.38. The molecule has 0 aromatic heterocycles. The van der Waals surface area contributed by atoms with Crippen LogP contribution in [0.2, 0.25) is 0 Å². The molecule has 0 bridgehead atoms. The summed E-state index contributed by atoms with van der Waals surface area (Å²) >= 11 is 0. The summed E-state index contributed by atoms with van der Waals surface area (Å²) in [5, 5.41) is 0. The molecular formula is C27H24F2O8. The molecule has 194 valence electrons. The third kappa shape index (κ3) is 6.87. The molecule has 0 aliphatic carbocycles. The molecule has 2 atom stereocenters. The predicted molar refractivity (Wildman–Crippen MR) is 126 cm³/mol. The molecular weight excluding hydrogens is 490 g/mol. The molecule has 0 saturated carbocycles. The zero-order valence-electron chi connectivity index (χ0n) is 19.9. The maximum Gasteiger partial charge on any atom is 0.343 e. The Balaban J connectivity index is 1.11. The molecule has 0 amide bonds. The Labute approximate surface area is 211 Å². The molecule has 5 rings (SSSR count). The second-order valence-electron chi connectivity index (χ2n) is 8.49. The van der Waals surface area contributed by atoms with Gasteiger partial charge in [-0.15, -0.1) is 0 Å². The molecule has 2 fully saturated rings. The number of hydrogen-bond donors (Lipinski definition) is 0. The summed E-state index contributed by atoms with van der Waals surface area (Å²) in [5.41, 5.74) is 0.715. The van der Waals surface area contributed by atoms with Crippen LogP contribution in [0, 0.1) is 18.6 Å². The Hall–Kier alpha value is -3.89. The molecule has 2 aliphatic rings. The van der Waals surface area contributed by atoms with Gasteiger partial charge in [-0.1, -0.05) is 0 Å². The van der Waals surface area contributed by atoms with Gasteiger partial charge in [-0.2, -0.15) is 0 Å². The van der Waals surface area contributed by atoms with Crippen LogP contribution in [0.1, 0.15) is 15.9 Å². The lowest BCUT2D eigenvalue weighted by atomic mass is 10.2. The summed E-state index contributed by atoms with van der Waals surface area (Å²) in [6.07, 6.45) is 0.0250. The van der Waals surface area contributed by atoms with Crippen molar-refractivity contribution >= 4 is 5.97 Å². The standard InChI is InChI=1S/C27H24F2O8/c1-16-8-19(37-27(30)17-2-5-25(22(28)9-17)33-13-20-11-31-20)4-6-24(16)36-15-35-18-3-7-26(23(29)10-18)34-14-21-12-32-21/h2-10,20-21H,11-15H2,1H3. The number of hydrogen-bond acceptors (Lipinski definition) is 8. The SMILES string of the molecule is Cc1cc(OC(=O)c2ccc(OCC3CO3)c(F)c2)ccc1OCOc1ccc(OCC2CO2)c(F)c1. The lowest BCUT2D eigenvalue weighted by molar-refractivity contribution is 0.0733. The molecule has 2 heterocycles. The third-order valence-electron chi connectivity index (χ3n) is 5.52. The number of carbonyl (C=O) groups excluding carboxylic acids is 1. The fourth-order valence-electron chi connectivity index (χ4n) is 3.30. The topological polar surface area (TPSA) is 88.3 Å². The largest absolute Gasteiger partial charge is 0.488 e.